The Morgan fingerprint density at radius 1 is 1.04 bits per heavy atom. The summed E-state index contributed by atoms with van der Waals surface area (Å²) in [5, 5.41) is 0. The fourth-order valence-electron chi connectivity index (χ4n) is 3.58. The normalized spacial score (nSPS) is 21.4. The minimum absolute atomic E-state index is 0.00000189. The standard InChI is InChI=1S/C21H17NO6/c1-26-19(24)16-17(20(25)27-2)22-12-9-13-5-3-4-6-15(13)18(22)28-21(16)10-7-14(23)8-11-21/h3-12,18H,1-2H3/t18-/m1/s1. The van der Waals surface area contributed by atoms with Crippen LogP contribution in [0.3, 0.4) is 0 Å². The van der Waals surface area contributed by atoms with Gasteiger partial charge in [-0.15, -0.1) is 0 Å². The van der Waals surface area contributed by atoms with Gasteiger partial charge >= 0.3 is 11.9 Å². The molecule has 142 valence electrons. The summed E-state index contributed by atoms with van der Waals surface area (Å²) in [6.45, 7) is 0. The van der Waals surface area contributed by atoms with Crippen LogP contribution < -0.4 is 0 Å². The Bertz CT molecular complexity index is 984. The minimum atomic E-state index is -1.44. The third-order valence-corrected chi connectivity index (χ3v) is 4.88. The molecule has 0 unspecified atom stereocenters. The summed E-state index contributed by atoms with van der Waals surface area (Å²) in [5.74, 6) is -1.71. The molecule has 0 saturated heterocycles. The predicted octanol–water partition coefficient (Wildman–Crippen LogP) is 2.04. The van der Waals surface area contributed by atoms with E-state index in [2.05, 4.69) is 0 Å². The predicted molar refractivity (Wildman–Crippen MR) is 98.2 cm³/mol. The summed E-state index contributed by atoms with van der Waals surface area (Å²) in [6, 6.07) is 7.56. The Hall–Kier alpha value is -3.45. The number of carbonyl (C=O) groups is 3. The van der Waals surface area contributed by atoms with Gasteiger partial charge in [0.2, 0.25) is 0 Å². The van der Waals surface area contributed by atoms with E-state index in [1.807, 2.05) is 30.3 Å². The molecule has 0 N–H and O–H groups in total. The zero-order valence-corrected chi connectivity index (χ0v) is 15.2. The third kappa shape index (κ3) is 2.59. The molecule has 1 spiro atoms. The molecule has 2 heterocycles. The first-order valence-corrected chi connectivity index (χ1v) is 8.58. The molecule has 7 nitrogen and oxygen atoms in total. The second kappa shape index (κ2) is 6.61. The summed E-state index contributed by atoms with van der Waals surface area (Å²) >= 11 is 0. The number of rotatable bonds is 2. The van der Waals surface area contributed by atoms with Gasteiger partial charge in [0.1, 0.15) is 16.9 Å². The van der Waals surface area contributed by atoms with E-state index in [4.69, 9.17) is 14.2 Å². The number of methoxy groups -OCH3 is 2. The lowest BCUT2D eigenvalue weighted by molar-refractivity contribution is -0.154. The molecule has 0 bridgehead atoms. The highest BCUT2D eigenvalue weighted by Crippen LogP contribution is 2.47. The quantitative estimate of drug-likeness (QED) is 0.727. The number of benzene rings is 1. The Balaban J connectivity index is 2.00. The maximum absolute atomic E-state index is 12.7. The van der Waals surface area contributed by atoms with E-state index in [0.717, 1.165) is 11.1 Å². The van der Waals surface area contributed by atoms with Crippen LogP contribution in [-0.4, -0.2) is 42.4 Å². The Kier molecular flexibility index (Phi) is 4.24. The number of allylic oxidation sites excluding steroid dienone is 2. The van der Waals surface area contributed by atoms with Crippen molar-refractivity contribution in [2.75, 3.05) is 14.2 Å². The van der Waals surface area contributed by atoms with E-state index in [-0.39, 0.29) is 17.1 Å². The maximum Gasteiger partial charge on any atom is 0.355 e. The summed E-state index contributed by atoms with van der Waals surface area (Å²) in [7, 11) is 2.45. The molecule has 0 amide bonds. The molecule has 3 aliphatic rings. The van der Waals surface area contributed by atoms with Crippen molar-refractivity contribution in [3.05, 3.63) is 77.2 Å². The molecule has 28 heavy (non-hydrogen) atoms. The van der Waals surface area contributed by atoms with Crippen LogP contribution >= 0.6 is 0 Å². The summed E-state index contributed by atoms with van der Waals surface area (Å²) in [6.07, 6.45) is 8.31. The highest BCUT2D eigenvalue weighted by Gasteiger charge is 2.51. The van der Waals surface area contributed by atoms with Gasteiger partial charge in [-0.1, -0.05) is 24.3 Å². The number of ketones is 1. The van der Waals surface area contributed by atoms with Gasteiger partial charge in [0.05, 0.1) is 14.2 Å². The number of hydrogen-bond acceptors (Lipinski definition) is 7. The first kappa shape index (κ1) is 17.9. The number of carbonyl (C=O) groups excluding carboxylic acids is 3. The SMILES string of the molecule is COC(=O)C1=C(C(=O)OC)C2(C=CC(=O)C=C2)O[C@@H]2c3ccccc3C=CN12. The Morgan fingerprint density at radius 3 is 2.39 bits per heavy atom. The lowest BCUT2D eigenvalue weighted by atomic mass is 9.84. The van der Waals surface area contributed by atoms with Crippen LogP contribution in [-0.2, 0) is 28.6 Å². The summed E-state index contributed by atoms with van der Waals surface area (Å²) < 4.78 is 16.2. The number of nitrogens with zero attached hydrogens (tertiary/aromatic N) is 1. The van der Waals surface area contributed by atoms with Gasteiger partial charge in [0.15, 0.2) is 12.0 Å². The molecule has 0 saturated carbocycles. The number of ether oxygens (including phenoxy) is 3. The molecule has 0 radical (unpaired) electrons. The smallest absolute Gasteiger partial charge is 0.355 e. The molecular weight excluding hydrogens is 362 g/mol. The van der Waals surface area contributed by atoms with Gasteiger partial charge in [-0.25, -0.2) is 9.59 Å². The van der Waals surface area contributed by atoms with E-state index in [1.165, 1.54) is 38.5 Å². The van der Waals surface area contributed by atoms with E-state index in [1.54, 1.807) is 11.1 Å². The second-order valence-corrected chi connectivity index (χ2v) is 6.39. The van der Waals surface area contributed by atoms with E-state index >= 15 is 0 Å². The summed E-state index contributed by atoms with van der Waals surface area (Å²) in [5.41, 5.74) is 0.240. The van der Waals surface area contributed by atoms with Crippen LogP contribution in [0.15, 0.2) is 66.0 Å². The van der Waals surface area contributed by atoms with Gasteiger partial charge in [-0.2, -0.15) is 0 Å². The van der Waals surface area contributed by atoms with Crippen molar-refractivity contribution >= 4 is 23.8 Å². The molecule has 2 aliphatic heterocycles. The van der Waals surface area contributed by atoms with Crippen molar-refractivity contribution in [1.82, 2.24) is 4.90 Å². The molecule has 1 atom stereocenters. The molecular formula is C21H17NO6. The number of fused-ring (bicyclic) bond motifs is 3. The van der Waals surface area contributed by atoms with Crippen LogP contribution in [0.1, 0.15) is 17.4 Å². The van der Waals surface area contributed by atoms with Crippen LogP contribution in [0.5, 0.6) is 0 Å². The average molecular weight is 379 g/mol. The Labute approximate surface area is 161 Å². The molecule has 0 aromatic heterocycles. The van der Waals surface area contributed by atoms with Crippen LogP contribution in [0.4, 0.5) is 0 Å². The molecule has 7 heteroatoms. The van der Waals surface area contributed by atoms with Crippen LogP contribution in [0.25, 0.3) is 6.08 Å². The van der Waals surface area contributed by atoms with Gasteiger partial charge in [-0.05, 0) is 35.9 Å². The molecule has 4 rings (SSSR count). The zero-order valence-electron chi connectivity index (χ0n) is 15.2. The van der Waals surface area contributed by atoms with Crippen molar-refractivity contribution in [3.8, 4) is 0 Å². The Morgan fingerprint density at radius 2 is 1.71 bits per heavy atom. The third-order valence-electron chi connectivity index (χ3n) is 4.88. The largest absolute Gasteiger partial charge is 0.465 e. The topological polar surface area (TPSA) is 82.1 Å². The van der Waals surface area contributed by atoms with Crippen molar-refractivity contribution in [3.63, 3.8) is 0 Å². The molecule has 0 fully saturated rings. The number of esters is 2. The minimum Gasteiger partial charge on any atom is -0.465 e. The fraction of sp³-hybridized carbons (Fsp3) is 0.190. The monoisotopic (exact) mass is 379 g/mol. The lowest BCUT2D eigenvalue weighted by Crippen LogP contribution is -2.50. The van der Waals surface area contributed by atoms with Crippen LogP contribution in [0.2, 0.25) is 0 Å². The van der Waals surface area contributed by atoms with Gasteiger partial charge < -0.3 is 19.1 Å². The molecule has 1 aromatic carbocycles. The average Bonchev–Trinajstić information content (AvgIpc) is 2.73. The van der Waals surface area contributed by atoms with Crippen molar-refractivity contribution < 1.29 is 28.6 Å². The van der Waals surface area contributed by atoms with Crippen molar-refractivity contribution in [2.24, 2.45) is 0 Å². The van der Waals surface area contributed by atoms with E-state index < -0.39 is 23.8 Å². The highest BCUT2D eigenvalue weighted by atomic mass is 16.6. The fourth-order valence-corrected chi connectivity index (χ4v) is 3.58. The van der Waals surface area contributed by atoms with Crippen molar-refractivity contribution in [1.29, 1.82) is 0 Å². The first-order chi connectivity index (χ1) is 13.5. The van der Waals surface area contributed by atoms with Gasteiger partial charge in [-0.3, -0.25) is 4.79 Å². The summed E-state index contributed by atoms with van der Waals surface area (Å²) in [4.78, 5) is 38.7. The molecule has 1 aromatic rings. The maximum atomic E-state index is 12.7. The van der Waals surface area contributed by atoms with Gasteiger partial charge in [0, 0.05) is 11.8 Å². The second-order valence-electron chi connectivity index (χ2n) is 6.39. The molecule has 1 aliphatic carbocycles. The van der Waals surface area contributed by atoms with E-state index in [9.17, 15) is 14.4 Å². The lowest BCUT2D eigenvalue weighted by Gasteiger charge is -2.46. The van der Waals surface area contributed by atoms with E-state index in [0.29, 0.717) is 0 Å². The van der Waals surface area contributed by atoms with Crippen molar-refractivity contribution in [2.45, 2.75) is 11.8 Å². The van der Waals surface area contributed by atoms with Crippen LogP contribution in [0, 0.1) is 0 Å². The van der Waals surface area contributed by atoms with Gasteiger partial charge in [0.25, 0.3) is 0 Å². The first-order valence-electron chi connectivity index (χ1n) is 8.58. The highest BCUT2D eigenvalue weighted by molar-refractivity contribution is 6.06. The number of hydrogen-bond donors (Lipinski definition) is 0. The zero-order chi connectivity index (χ0) is 19.9.